The van der Waals surface area contributed by atoms with Gasteiger partial charge >= 0.3 is 0 Å². The van der Waals surface area contributed by atoms with Crippen LogP contribution in [0.4, 0.5) is 0 Å². The predicted molar refractivity (Wildman–Crippen MR) is 84.7 cm³/mol. The van der Waals surface area contributed by atoms with E-state index in [9.17, 15) is 0 Å². The number of hydrogen-bond donors (Lipinski definition) is 1. The van der Waals surface area contributed by atoms with E-state index in [0.717, 1.165) is 42.5 Å². The average Bonchev–Trinajstić information content (AvgIpc) is 2.99. The van der Waals surface area contributed by atoms with Crippen molar-refractivity contribution in [3.8, 4) is 0 Å². The van der Waals surface area contributed by atoms with E-state index in [1.165, 1.54) is 0 Å². The number of aliphatic imine (C=N–C) groups is 1. The standard InChI is InChI=1S/C15H21N3OS/c1-3-4-5-12(17-2)13-10-20-14(18-13)15(11-16)6-8-19-9-7-15/h3-5,10H,1,6-9,11,16H2,2H3/b5-4-,17-12?. The minimum atomic E-state index is -0.0256. The summed E-state index contributed by atoms with van der Waals surface area (Å²) in [7, 11) is 1.77. The van der Waals surface area contributed by atoms with Crippen molar-refractivity contribution in [2.45, 2.75) is 18.3 Å². The fourth-order valence-corrected chi connectivity index (χ4v) is 3.42. The summed E-state index contributed by atoms with van der Waals surface area (Å²) < 4.78 is 5.45. The molecule has 2 rings (SSSR count). The van der Waals surface area contributed by atoms with Crippen molar-refractivity contribution in [1.82, 2.24) is 4.98 Å². The first-order valence-corrected chi connectivity index (χ1v) is 7.64. The van der Waals surface area contributed by atoms with Crippen LogP contribution < -0.4 is 5.73 Å². The van der Waals surface area contributed by atoms with Crippen molar-refractivity contribution in [3.05, 3.63) is 40.9 Å². The molecule has 4 nitrogen and oxygen atoms in total. The van der Waals surface area contributed by atoms with Gasteiger partial charge in [0.05, 0.1) is 11.4 Å². The highest BCUT2D eigenvalue weighted by Crippen LogP contribution is 2.35. The molecule has 0 aromatic carbocycles. The maximum Gasteiger partial charge on any atom is 0.101 e. The van der Waals surface area contributed by atoms with Gasteiger partial charge in [-0.15, -0.1) is 11.3 Å². The van der Waals surface area contributed by atoms with E-state index < -0.39 is 0 Å². The molecule has 1 fully saturated rings. The van der Waals surface area contributed by atoms with Crippen LogP contribution in [-0.2, 0) is 10.2 Å². The molecule has 0 radical (unpaired) electrons. The summed E-state index contributed by atoms with van der Waals surface area (Å²) >= 11 is 1.67. The summed E-state index contributed by atoms with van der Waals surface area (Å²) in [6.45, 7) is 5.81. The monoisotopic (exact) mass is 291 g/mol. The summed E-state index contributed by atoms with van der Waals surface area (Å²) in [5.74, 6) is 0. The number of thiazole rings is 1. The molecule has 1 aromatic heterocycles. The first kappa shape index (κ1) is 15.1. The van der Waals surface area contributed by atoms with Crippen molar-refractivity contribution in [3.63, 3.8) is 0 Å². The highest BCUT2D eigenvalue weighted by molar-refractivity contribution is 7.10. The Labute approximate surface area is 124 Å². The number of nitrogens with two attached hydrogens (primary N) is 1. The highest BCUT2D eigenvalue weighted by Gasteiger charge is 2.36. The van der Waals surface area contributed by atoms with Gasteiger partial charge in [-0.25, -0.2) is 4.98 Å². The van der Waals surface area contributed by atoms with E-state index in [-0.39, 0.29) is 5.41 Å². The molecule has 0 atom stereocenters. The Kier molecular flexibility index (Phi) is 5.23. The lowest BCUT2D eigenvalue weighted by Crippen LogP contribution is -2.40. The van der Waals surface area contributed by atoms with Crippen molar-refractivity contribution >= 4 is 17.0 Å². The molecule has 0 unspecified atom stereocenters. The minimum absolute atomic E-state index is 0.0256. The summed E-state index contributed by atoms with van der Waals surface area (Å²) in [5.41, 5.74) is 7.77. The molecule has 1 aromatic rings. The van der Waals surface area contributed by atoms with Crippen LogP contribution in [0.2, 0.25) is 0 Å². The second-order valence-electron chi connectivity index (χ2n) is 4.84. The Balaban J connectivity index is 2.27. The van der Waals surface area contributed by atoms with Crippen molar-refractivity contribution < 1.29 is 4.74 Å². The van der Waals surface area contributed by atoms with Crippen LogP contribution in [0.15, 0.2) is 35.2 Å². The Morgan fingerprint density at radius 2 is 2.35 bits per heavy atom. The van der Waals surface area contributed by atoms with Gasteiger partial charge in [0, 0.05) is 37.6 Å². The molecule has 1 aliphatic heterocycles. The van der Waals surface area contributed by atoms with Crippen LogP contribution in [0.25, 0.3) is 0 Å². The second kappa shape index (κ2) is 6.92. The summed E-state index contributed by atoms with van der Waals surface area (Å²) in [6, 6.07) is 0. The van der Waals surface area contributed by atoms with E-state index in [1.54, 1.807) is 24.5 Å². The highest BCUT2D eigenvalue weighted by atomic mass is 32.1. The van der Waals surface area contributed by atoms with Crippen molar-refractivity contribution in [2.24, 2.45) is 10.7 Å². The maximum absolute atomic E-state index is 6.02. The van der Waals surface area contributed by atoms with Crippen LogP contribution in [0.5, 0.6) is 0 Å². The molecule has 0 amide bonds. The van der Waals surface area contributed by atoms with Gasteiger partial charge in [0.15, 0.2) is 0 Å². The Morgan fingerprint density at radius 3 is 2.95 bits per heavy atom. The Bertz CT molecular complexity index is 513. The summed E-state index contributed by atoms with van der Waals surface area (Å²) in [4.78, 5) is 9.04. The molecule has 0 aliphatic carbocycles. The molecule has 2 heterocycles. The third-order valence-electron chi connectivity index (χ3n) is 3.69. The van der Waals surface area contributed by atoms with Gasteiger partial charge in [-0.1, -0.05) is 18.7 Å². The van der Waals surface area contributed by atoms with E-state index in [1.807, 2.05) is 12.2 Å². The zero-order chi connectivity index (χ0) is 14.4. The minimum Gasteiger partial charge on any atom is -0.381 e. The quantitative estimate of drug-likeness (QED) is 0.669. The third kappa shape index (κ3) is 3.06. The normalized spacial score (nSPS) is 19.4. The molecular formula is C15H21N3OS. The average molecular weight is 291 g/mol. The number of rotatable bonds is 5. The molecule has 0 spiro atoms. The SMILES string of the molecule is C=C/C=C\C(=NC)c1csc(C2(CN)CCOCC2)n1. The topological polar surface area (TPSA) is 60.5 Å². The lowest BCUT2D eigenvalue weighted by molar-refractivity contribution is 0.0529. The van der Waals surface area contributed by atoms with Gasteiger partial charge in [-0.2, -0.15) is 0 Å². The van der Waals surface area contributed by atoms with E-state index in [2.05, 4.69) is 17.0 Å². The van der Waals surface area contributed by atoms with E-state index in [0.29, 0.717) is 6.54 Å². The first-order valence-electron chi connectivity index (χ1n) is 6.76. The summed E-state index contributed by atoms with van der Waals surface area (Å²) in [6.07, 6.45) is 7.41. The second-order valence-corrected chi connectivity index (χ2v) is 5.70. The predicted octanol–water partition coefficient (Wildman–Crippen LogP) is 2.31. The van der Waals surface area contributed by atoms with Crippen LogP contribution in [0.1, 0.15) is 23.5 Å². The number of hydrogen-bond acceptors (Lipinski definition) is 5. The maximum atomic E-state index is 6.02. The molecule has 1 aliphatic rings. The first-order chi connectivity index (χ1) is 9.75. The Hall–Kier alpha value is -1.30. The lowest BCUT2D eigenvalue weighted by atomic mass is 9.81. The number of nitrogens with zero attached hydrogens (tertiary/aromatic N) is 2. The largest absolute Gasteiger partial charge is 0.381 e. The molecular weight excluding hydrogens is 270 g/mol. The van der Waals surface area contributed by atoms with Gasteiger partial charge in [0.25, 0.3) is 0 Å². The van der Waals surface area contributed by atoms with Crippen molar-refractivity contribution in [1.29, 1.82) is 0 Å². The Morgan fingerprint density at radius 1 is 1.60 bits per heavy atom. The smallest absolute Gasteiger partial charge is 0.101 e. The molecule has 0 saturated carbocycles. The van der Waals surface area contributed by atoms with Gasteiger partial charge in [-0.05, 0) is 18.9 Å². The third-order valence-corrected chi connectivity index (χ3v) is 4.78. The fourth-order valence-electron chi connectivity index (χ4n) is 2.34. The number of aromatic nitrogens is 1. The zero-order valence-corrected chi connectivity index (χ0v) is 12.7. The van der Waals surface area contributed by atoms with Gasteiger partial charge < -0.3 is 10.5 Å². The molecule has 5 heteroatoms. The lowest BCUT2D eigenvalue weighted by Gasteiger charge is -2.34. The summed E-state index contributed by atoms with van der Waals surface area (Å²) in [5, 5.41) is 3.16. The van der Waals surface area contributed by atoms with E-state index >= 15 is 0 Å². The molecule has 0 bridgehead atoms. The molecule has 20 heavy (non-hydrogen) atoms. The molecule has 2 N–H and O–H groups in total. The molecule has 1 saturated heterocycles. The van der Waals surface area contributed by atoms with Crippen LogP contribution >= 0.6 is 11.3 Å². The van der Waals surface area contributed by atoms with Crippen LogP contribution in [-0.4, -0.2) is 37.5 Å². The van der Waals surface area contributed by atoms with E-state index in [4.69, 9.17) is 15.5 Å². The van der Waals surface area contributed by atoms with Gasteiger partial charge in [0.1, 0.15) is 5.01 Å². The molecule has 108 valence electrons. The zero-order valence-electron chi connectivity index (χ0n) is 11.8. The van der Waals surface area contributed by atoms with Crippen molar-refractivity contribution in [2.75, 3.05) is 26.8 Å². The fraction of sp³-hybridized carbons (Fsp3) is 0.467. The number of ether oxygens (including phenoxy) is 1. The number of allylic oxidation sites excluding steroid dienone is 3. The van der Waals surface area contributed by atoms with Gasteiger partial charge in [0.2, 0.25) is 0 Å². The van der Waals surface area contributed by atoms with Crippen LogP contribution in [0, 0.1) is 0 Å². The van der Waals surface area contributed by atoms with Crippen LogP contribution in [0.3, 0.4) is 0 Å². The van der Waals surface area contributed by atoms with Gasteiger partial charge in [-0.3, -0.25) is 4.99 Å².